The third kappa shape index (κ3) is 2.94. The summed E-state index contributed by atoms with van der Waals surface area (Å²) in [6.45, 7) is 3.76. The summed E-state index contributed by atoms with van der Waals surface area (Å²) in [5, 5.41) is 2.67. The molecule has 4 heteroatoms. The number of hydrogen-bond donors (Lipinski definition) is 1. The molecule has 0 aliphatic heterocycles. The summed E-state index contributed by atoms with van der Waals surface area (Å²) in [5.41, 5.74) is 0. The molecule has 0 heterocycles. The van der Waals surface area contributed by atoms with Gasteiger partial charge in [0.15, 0.2) is 9.84 Å². The first-order valence-electron chi connectivity index (χ1n) is 5.90. The minimum absolute atomic E-state index is 0.0388. The van der Waals surface area contributed by atoms with Crippen molar-refractivity contribution < 1.29 is 8.42 Å². The van der Waals surface area contributed by atoms with E-state index < -0.39 is 9.84 Å². The monoisotopic (exact) mass is 233 g/mol. The van der Waals surface area contributed by atoms with Gasteiger partial charge in [-0.25, -0.2) is 8.42 Å². The van der Waals surface area contributed by atoms with Gasteiger partial charge >= 0.3 is 0 Å². The molecule has 0 aromatic rings. The van der Waals surface area contributed by atoms with Crippen LogP contribution in [0, 0.1) is 0 Å². The number of nitrogens with one attached hydrogen (secondary N) is 1. The molecule has 0 spiro atoms. The van der Waals surface area contributed by atoms with Crippen molar-refractivity contribution in [2.45, 2.75) is 62.5 Å². The standard InChI is InChI=1S/C11H23NO2S/c1-9(12-3)10(2)15(13,14)11-7-5-4-6-8-11/h9-12H,4-8H2,1-3H3. The van der Waals surface area contributed by atoms with E-state index in [2.05, 4.69) is 5.32 Å². The molecule has 15 heavy (non-hydrogen) atoms. The average molecular weight is 233 g/mol. The van der Waals surface area contributed by atoms with E-state index in [4.69, 9.17) is 0 Å². The van der Waals surface area contributed by atoms with Crippen molar-refractivity contribution >= 4 is 9.84 Å². The highest BCUT2D eigenvalue weighted by atomic mass is 32.2. The molecule has 0 amide bonds. The van der Waals surface area contributed by atoms with E-state index in [1.54, 1.807) is 0 Å². The summed E-state index contributed by atoms with van der Waals surface area (Å²) in [5.74, 6) is 0. The Morgan fingerprint density at radius 1 is 1.13 bits per heavy atom. The lowest BCUT2D eigenvalue weighted by atomic mass is 10.0. The molecule has 0 aromatic heterocycles. The Labute approximate surface area is 93.6 Å². The van der Waals surface area contributed by atoms with E-state index in [-0.39, 0.29) is 16.5 Å². The van der Waals surface area contributed by atoms with Gasteiger partial charge in [0.1, 0.15) is 0 Å². The fraction of sp³-hybridized carbons (Fsp3) is 1.00. The fourth-order valence-corrected chi connectivity index (χ4v) is 4.52. The zero-order valence-corrected chi connectivity index (χ0v) is 10.8. The van der Waals surface area contributed by atoms with Crippen molar-refractivity contribution in [2.75, 3.05) is 7.05 Å². The van der Waals surface area contributed by atoms with Gasteiger partial charge in [-0.1, -0.05) is 19.3 Å². The maximum Gasteiger partial charge on any atom is 0.157 e. The van der Waals surface area contributed by atoms with E-state index in [1.165, 1.54) is 6.42 Å². The highest BCUT2D eigenvalue weighted by Crippen LogP contribution is 2.27. The summed E-state index contributed by atoms with van der Waals surface area (Å²) < 4.78 is 24.5. The summed E-state index contributed by atoms with van der Waals surface area (Å²) in [7, 11) is -1.12. The van der Waals surface area contributed by atoms with E-state index >= 15 is 0 Å². The predicted octanol–water partition coefficient (Wildman–Crippen LogP) is 1.73. The molecule has 1 N–H and O–H groups in total. The first-order valence-corrected chi connectivity index (χ1v) is 7.51. The minimum Gasteiger partial charge on any atom is -0.316 e. The summed E-state index contributed by atoms with van der Waals surface area (Å²) >= 11 is 0. The molecule has 2 atom stereocenters. The Balaban J connectivity index is 2.72. The van der Waals surface area contributed by atoms with Crippen LogP contribution in [0.4, 0.5) is 0 Å². The molecular formula is C11H23NO2S. The Kier molecular flexibility index (Phi) is 4.59. The first-order chi connectivity index (χ1) is 7.00. The lowest BCUT2D eigenvalue weighted by Gasteiger charge is -2.28. The van der Waals surface area contributed by atoms with Crippen LogP contribution in [-0.4, -0.2) is 32.0 Å². The number of sulfone groups is 1. The Morgan fingerprint density at radius 2 is 1.67 bits per heavy atom. The Hall–Kier alpha value is -0.0900. The second-order valence-corrected chi connectivity index (χ2v) is 7.22. The highest BCUT2D eigenvalue weighted by Gasteiger charge is 2.34. The zero-order valence-electron chi connectivity index (χ0n) is 9.99. The molecule has 1 rings (SSSR count). The molecule has 1 aliphatic carbocycles. The topological polar surface area (TPSA) is 46.2 Å². The largest absolute Gasteiger partial charge is 0.316 e. The first kappa shape index (κ1) is 13.0. The lowest BCUT2D eigenvalue weighted by molar-refractivity contribution is 0.468. The third-order valence-corrected chi connectivity index (χ3v) is 6.54. The molecule has 0 saturated heterocycles. The van der Waals surface area contributed by atoms with Crippen molar-refractivity contribution in [1.29, 1.82) is 0 Å². The van der Waals surface area contributed by atoms with Crippen molar-refractivity contribution in [3.63, 3.8) is 0 Å². The fourth-order valence-electron chi connectivity index (χ4n) is 2.22. The Bertz CT molecular complexity index is 273. The average Bonchev–Trinajstić information content (AvgIpc) is 2.28. The lowest BCUT2D eigenvalue weighted by Crippen LogP contribution is -2.43. The summed E-state index contributed by atoms with van der Waals surface area (Å²) in [6.07, 6.45) is 5.07. The summed E-state index contributed by atoms with van der Waals surface area (Å²) in [4.78, 5) is 0. The van der Waals surface area contributed by atoms with Crippen LogP contribution in [0.5, 0.6) is 0 Å². The van der Waals surface area contributed by atoms with Gasteiger partial charge in [0.2, 0.25) is 0 Å². The smallest absolute Gasteiger partial charge is 0.157 e. The molecule has 3 nitrogen and oxygen atoms in total. The van der Waals surface area contributed by atoms with Crippen molar-refractivity contribution in [2.24, 2.45) is 0 Å². The zero-order chi connectivity index (χ0) is 11.5. The Morgan fingerprint density at radius 3 is 2.13 bits per heavy atom. The quantitative estimate of drug-likeness (QED) is 0.804. The third-order valence-electron chi connectivity index (χ3n) is 3.69. The van der Waals surface area contributed by atoms with Crippen LogP contribution in [-0.2, 0) is 9.84 Å². The second-order valence-electron chi connectivity index (χ2n) is 4.63. The SMILES string of the molecule is CNC(C)C(C)S(=O)(=O)C1CCCCC1. The molecule has 1 saturated carbocycles. The van der Waals surface area contributed by atoms with E-state index in [1.807, 2.05) is 20.9 Å². The highest BCUT2D eigenvalue weighted by molar-refractivity contribution is 7.92. The van der Waals surface area contributed by atoms with Gasteiger partial charge in [0, 0.05) is 6.04 Å². The van der Waals surface area contributed by atoms with Crippen LogP contribution < -0.4 is 5.32 Å². The van der Waals surface area contributed by atoms with Crippen LogP contribution in [0.25, 0.3) is 0 Å². The molecule has 90 valence electrons. The molecule has 0 bridgehead atoms. The maximum absolute atomic E-state index is 12.2. The van der Waals surface area contributed by atoms with Gasteiger partial charge in [0.25, 0.3) is 0 Å². The van der Waals surface area contributed by atoms with Crippen LogP contribution >= 0.6 is 0 Å². The molecule has 2 unspecified atom stereocenters. The van der Waals surface area contributed by atoms with Crippen molar-refractivity contribution in [1.82, 2.24) is 5.32 Å². The predicted molar refractivity (Wildman–Crippen MR) is 63.8 cm³/mol. The van der Waals surface area contributed by atoms with Gasteiger partial charge in [0.05, 0.1) is 10.5 Å². The normalized spacial score (nSPS) is 23.7. The van der Waals surface area contributed by atoms with Gasteiger partial charge < -0.3 is 5.32 Å². The number of hydrogen-bond acceptors (Lipinski definition) is 3. The van der Waals surface area contributed by atoms with Crippen LogP contribution in [0.1, 0.15) is 46.0 Å². The van der Waals surface area contributed by atoms with E-state index in [0.29, 0.717) is 0 Å². The molecule has 0 radical (unpaired) electrons. The minimum atomic E-state index is -2.94. The van der Waals surface area contributed by atoms with Gasteiger partial charge in [-0.15, -0.1) is 0 Å². The number of rotatable bonds is 4. The summed E-state index contributed by atoms with van der Waals surface area (Å²) in [6, 6.07) is 0.0388. The maximum atomic E-state index is 12.2. The molecule has 1 aliphatic rings. The van der Waals surface area contributed by atoms with Gasteiger partial charge in [-0.2, -0.15) is 0 Å². The molecular weight excluding hydrogens is 210 g/mol. The second kappa shape index (κ2) is 5.30. The van der Waals surface area contributed by atoms with Crippen molar-refractivity contribution in [3.05, 3.63) is 0 Å². The van der Waals surface area contributed by atoms with Gasteiger partial charge in [-0.05, 0) is 33.7 Å². The van der Waals surface area contributed by atoms with E-state index in [0.717, 1.165) is 25.7 Å². The van der Waals surface area contributed by atoms with Crippen LogP contribution in [0.2, 0.25) is 0 Å². The van der Waals surface area contributed by atoms with E-state index in [9.17, 15) is 8.42 Å². The van der Waals surface area contributed by atoms with Crippen LogP contribution in [0.3, 0.4) is 0 Å². The van der Waals surface area contributed by atoms with Gasteiger partial charge in [-0.3, -0.25) is 0 Å². The molecule has 0 aromatic carbocycles. The van der Waals surface area contributed by atoms with Crippen molar-refractivity contribution in [3.8, 4) is 0 Å². The van der Waals surface area contributed by atoms with Crippen LogP contribution in [0.15, 0.2) is 0 Å². The molecule has 1 fully saturated rings.